The van der Waals surface area contributed by atoms with E-state index in [1.165, 1.54) is 25.7 Å². The van der Waals surface area contributed by atoms with Gasteiger partial charge in [-0.25, -0.2) is 0 Å². The third-order valence-corrected chi connectivity index (χ3v) is 4.87. The first-order valence-electron chi connectivity index (χ1n) is 8.22. The predicted molar refractivity (Wildman–Crippen MR) is 85.1 cm³/mol. The van der Waals surface area contributed by atoms with Gasteiger partial charge in [0.1, 0.15) is 0 Å². The van der Waals surface area contributed by atoms with Gasteiger partial charge < -0.3 is 5.32 Å². The molecule has 1 saturated carbocycles. The Bertz CT molecular complexity index is 589. The normalized spacial score (nSPS) is 24.6. The first-order chi connectivity index (χ1) is 10.2. The van der Waals surface area contributed by atoms with Crippen LogP contribution in [0.1, 0.15) is 58.3 Å². The molecule has 0 aliphatic heterocycles. The number of nitrogens with one attached hydrogen (secondary N) is 1. The molecule has 0 bridgehead atoms. The highest BCUT2D eigenvalue weighted by atomic mass is 15.3. The second kappa shape index (κ2) is 6.14. The van der Waals surface area contributed by atoms with Crippen LogP contribution < -0.4 is 5.32 Å². The highest BCUT2D eigenvalue weighted by molar-refractivity contribution is 5.37. The summed E-state index contributed by atoms with van der Waals surface area (Å²) in [5.41, 5.74) is 0.921. The van der Waals surface area contributed by atoms with Gasteiger partial charge in [-0.15, -0.1) is 10.2 Å². The number of hydrogen-bond donors (Lipinski definition) is 1. The summed E-state index contributed by atoms with van der Waals surface area (Å²) in [6.45, 7) is 6.90. The Morgan fingerprint density at radius 2 is 1.95 bits per heavy atom. The molecule has 21 heavy (non-hydrogen) atoms. The van der Waals surface area contributed by atoms with Crippen LogP contribution in [0.2, 0.25) is 0 Å². The predicted octanol–water partition coefficient (Wildman–Crippen LogP) is 3.59. The van der Waals surface area contributed by atoms with E-state index < -0.39 is 0 Å². The molecule has 4 nitrogen and oxygen atoms in total. The zero-order chi connectivity index (χ0) is 14.8. The second-order valence-electron chi connectivity index (χ2n) is 6.67. The SMILES string of the molecule is CC(NC1CCCCC1C(C)C)c1nnc2ccccn12. The van der Waals surface area contributed by atoms with Crippen molar-refractivity contribution in [1.82, 2.24) is 19.9 Å². The number of nitrogens with zero attached hydrogens (tertiary/aromatic N) is 3. The fourth-order valence-electron chi connectivity index (χ4n) is 3.72. The molecule has 2 aromatic rings. The van der Waals surface area contributed by atoms with Crippen molar-refractivity contribution in [2.45, 2.75) is 58.5 Å². The summed E-state index contributed by atoms with van der Waals surface area (Å²) in [5.74, 6) is 2.53. The highest BCUT2D eigenvalue weighted by Crippen LogP contribution is 2.31. The molecule has 1 N–H and O–H groups in total. The van der Waals surface area contributed by atoms with Gasteiger partial charge in [-0.3, -0.25) is 4.40 Å². The summed E-state index contributed by atoms with van der Waals surface area (Å²) in [6.07, 6.45) is 7.40. The Morgan fingerprint density at radius 1 is 1.14 bits per heavy atom. The van der Waals surface area contributed by atoms with Gasteiger partial charge in [0.25, 0.3) is 0 Å². The summed E-state index contributed by atoms with van der Waals surface area (Å²) in [6, 6.07) is 6.86. The zero-order valence-corrected chi connectivity index (χ0v) is 13.3. The van der Waals surface area contributed by atoms with Crippen LogP contribution in [0, 0.1) is 11.8 Å². The second-order valence-corrected chi connectivity index (χ2v) is 6.67. The third-order valence-electron chi connectivity index (χ3n) is 4.87. The van der Waals surface area contributed by atoms with Crippen molar-refractivity contribution in [3.8, 4) is 0 Å². The Balaban J connectivity index is 1.77. The van der Waals surface area contributed by atoms with Crippen molar-refractivity contribution in [2.75, 3.05) is 0 Å². The summed E-state index contributed by atoms with van der Waals surface area (Å²) in [7, 11) is 0. The van der Waals surface area contributed by atoms with E-state index in [0.29, 0.717) is 6.04 Å². The van der Waals surface area contributed by atoms with Crippen LogP contribution in [-0.4, -0.2) is 20.6 Å². The first-order valence-corrected chi connectivity index (χ1v) is 8.22. The Hall–Kier alpha value is -1.42. The summed E-state index contributed by atoms with van der Waals surface area (Å²) < 4.78 is 2.09. The van der Waals surface area contributed by atoms with Gasteiger partial charge in [0.05, 0.1) is 6.04 Å². The lowest BCUT2D eigenvalue weighted by atomic mass is 9.77. The molecule has 1 aliphatic rings. The largest absolute Gasteiger partial charge is 0.304 e. The fourth-order valence-corrected chi connectivity index (χ4v) is 3.72. The fraction of sp³-hybridized carbons (Fsp3) is 0.647. The maximum Gasteiger partial charge on any atom is 0.160 e. The zero-order valence-electron chi connectivity index (χ0n) is 13.3. The first kappa shape index (κ1) is 14.5. The van der Waals surface area contributed by atoms with Gasteiger partial charge in [0.2, 0.25) is 0 Å². The molecule has 0 aromatic carbocycles. The lowest BCUT2D eigenvalue weighted by Gasteiger charge is -2.36. The monoisotopic (exact) mass is 286 g/mol. The van der Waals surface area contributed by atoms with Crippen LogP contribution >= 0.6 is 0 Å². The van der Waals surface area contributed by atoms with E-state index in [4.69, 9.17) is 0 Å². The third kappa shape index (κ3) is 2.95. The molecule has 1 aliphatic carbocycles. The molecule has 4 heteroatoms. The standard InChI is InChI=1S/C17H26N4/c1-12(2)14-8-4-5-9-15(14)18-13(3)17-20-19-16-10-6-7-11-21(16)17/h6-7,10-15,18H,4-5,8-9H2,1-3H3. The van der Waals surface area contributed by atoms with Crippen LogP contribution in [0.5, 0.6) is 0 Å². The topological polar surface area (TPSA) is 42.2 Å². The number of aromatic nitrogens is 3. The van der Waals surface area contributed by atoms with Gasteiger partial charge in [-0.1, -0.05) is 32.8 Å². The lowest BCUT2D eigenvalue weighted by molar-refractivity contribution is 0.193. The minimum atomic E-state index is 0.228. The van der Waals surface area contributed by atoms with E-state index in [9.17, 15) is 0 Å². The summed E-state index contributed by atoms with van der Waals surface area (Å²) >= 11 is 0. The summed E-state index contributed by atoms with van der Waals surface area (Å²) in [5, 5.41) is 12.5. The van der Waals surface area contributed by atoms with Crippen molar-refractivity contribution in [3.63, 3.8) is 0 Å². The lowest BCUT2D eigenvalue weighted by Crippen LogP contribution is -2.42. The van der Waals surface area contributed by atoms with Crippen molar-refractivity contribution >= 4 is 5.65 Å². The minimum Gasteiger partial charge on any atom is -0.304 e. The molecule has 1 fully saturated rings. The Labute approximate surface area is 127 Å². The van der Waals surface area contributed by atoms with Gasteiger partial charge in [-0.05, 0) is 43.7 Å². The van der Waals surface area contributed by atoms with Crippen LogP contribution in [0.4, 0.5) is 0 Å². The van der Waals surface area contributed by atoms with Gasteiger partial charge in [-0.2, -0.15) is 0 Å². The Kier molecular flexibility index (Phi) is 4.24. The van der Waals surface area contributed by atoms with E-state index in [0.717, 1.165) is 23.3 Å². The van der Waals surface area contributed by atoms with Crippen molar-refractivity contribution in [3.05, 3.63) is 30.2 Å². The maximum absolute atomic E-state index is 4.38. The van der Waals surface area contributed by atoms with E-state index in [-0.39, 0.29) is 6.04 Å². The minimum absolute atomic E-state index is 0.228. The van der Waals surface area contributed by atoms with Crippen molar-refractivity contribution < 1.29 is 0 Å². The van der Waals surface area contributed by atoms with Crippen molar-refractivity contribution in [1.29, 1.82) is 0 Å². The average molecular weight is 286 g/mol. The van der Waals surface area contributed by atoms with E-state index in [1.807, 2.05) is 24.4 Å². The highest BCUT2D eigenvalue weighted by Gasteiger charge is 2.29. The Morgan fingerprint density at radius 3 is 2.76 bits per heavy atom. The molecular weight excluding hydrogens is 260 g/mol. The molecule has 0 saturated heterocycles. The molecular formula is C17H26N4. The molecule has 3 atom stereocenters. The number of hydrogen-bond acceptors (Lipinski definition) is 3. The van der Waals surface area contributed by atoms with Crippen LogP contribution in [0.3, 0.4) is 0 Å². The van der Waals surface area contributed by atoms with Crippen molar-refractivity contribution in [2.24, 2.45) is 11.8 Å². The quantitative estimate of drug-likeness (QED) is 0.934. The van der Waals surface area contributed by atoms with Gasteiger partial charge in [0, 0.05) is 12.2 Å². The van der Waals surface area contributed by atoms with Crippen LogP contribution in [0.25, 0.3) is 5.65 Å². The van der Waals surface area contributed by atoms with Gasteiger partial charge >= 0.3 is 0 Å². The molecule has 0 amide bonds. The van der Waals surface area contributed by atoms with Gasteiger partial charge in [0.15, 0.2) is 11.5 Å². The van der Waals surface area contributed by atoms with E-state index >= 15 is 0 Å². The molecule has 2 aromatic heterocycles. The number of fused-ring (bicyclic) bond motifs is 1. The van der Waals surface area contributed by atoms with E-state index in [2.05, 4.69) is 40.7 Å². The molecule has 3 unspecified atom stereocenters. The summed E-state index contributed by atoms with van der Waals surface area (Å²) in [4.78, 5) is 0. The number of pyridine rings is 1. The maximum atomic E-state index is 4.38. The van der Waals surface area contributed by atoms with Crippen LogP contribution in [0.15, 0.2) is 24.4 Å². The van der Waals surface area contributed by atoms with E-state index in [1.54, 1.807) is 0 Å². The molecule has 2 heterocycles. The average Bonchev–Trinajstić information content (AvgIpc) is 2.91. The molecule has 0 spiro atoms. The number of rotatable bonds is 4. The molecule has 3 rings (SSSR count). The molecule has 114 valence electrons. The molecule has 0 radical (unpaired) electrons. The van der Waals surface area contributed by atoms with Crippen LogP contribution in [-0.2, 0) is 0 Å². The smallest absolute Gasteiger partial charge is 0.160 e.